The van der Waals surface area contributed by atoms with E-state index in [9.17, 15) is 17.6 Å². The predicted molar refractivity (Wildman–Crippen MR) is 166 cm³/mol. The average Bonchev–Trinajstić information content (AvgIpc) is 3.69. The fourth-order valence-electron chi connectivity index (χ4n) is 6.02. The van der Waals surface area contributed by atoms with Gasteiger partial charge in [-0.15, -0.1) is 0 Å². The molecule has 2 aliphatic rings. The molecule has 0 radical (unpaired) electrons. The number of carbonyl (C=O) groups is 1. The molecule has 0 atom stereocenters. The van der Waals surface area contributed by atoms with Crippen molar-refractivity contribution < 1.29 is 22.0 Å². The van der Waals surface area contributed by atoms with Crippen LogP contribution in [0.15, 0.2) is 69.6 Å². The molecule has 0 bridgehead atoms. The van der Waals surface area contributed by atoms with E-state index >= 15 is 0 Å². The van der Waals surface area contributed by atoms with Crippen molar-refractivity contribution in [3.63, 3.8) is 0 Å². The number of benzene rings is 2. The number of pyridine rings is 1. The topological polar surface area (TPSA) is 110 Å². The normalized spacial score (nSPS) is 14.4. The van der Waals surface area contributed by atoms with E-state index in [1.807, 2.05) is 37.3 Å². The van der Waals surface area contributed by atoms with Crippen molar-refractivity contribution in [2.24, 2.45) is 4.99 Å². The summed E-state index contributed by atoms with van der Waals surface area (Å²) in [7, 11) is -0.672. The van der Waals surface area contributed by atoms with E-state index in [2.05, 4.69) is 14.9 Å². The minimum atomic E-state index is -3.69. The number of nitrogens with one attached hydrogen (secondary N) is 1. The Morgan fingerprint density at radius 3 is 2.67 bits per heavy atom. The molecule has 0 saturated heterocycles. The number of halogens is 1. The number of aliphatic imine (C=N–C) groups is 1. The molecule has 2 aromatic carbocycles. The smallest absolute Gasteiger partial charge is 0.255 e. The highest BCUT2D eigenvalue weighted by Gasteiger charge is 2.29. The van der Waals surface area contributed by atoms with Gasteiger partial charge in [-0.2, -0.15) is 0 Å². The van der Waals surface area contributed by atoms with Crippen molar-refractivity contribution in [3.8, 4) is 22.6 Å². The lowest BCUT2D eigenvalue weighted by Gasteiger charge is -2.23. The van der Waals surface area contributed by atoms with Gasteiger partial charge in [0.25, 0.3) is 5.91 Å². The molecule has 7 rings (SSSR count). The van der Waals surface area contributed by atoms with Crippen LogP contribution in [-0.4, -0.2) is 56.5 Å². The highest BCUT2D eigenvalue weighted by atomic mass is 32.2. The Morgan fingerprint density at radius 1 is 1.14 bits per heavy atom. The number of furan rings is 1. The van der Waals surface area contributed by atoms with Gasteiger partial charge in [0, 0.05) is 43.0 Å². The summed E-state index contributed by atoms with van der Waals surface area (Å²) in [5.41, 5.74) is 6.79. The second kappa shape index (κ2) is 9.63. The van der Waals surface area contributed by atoms with E-state index < -0.39 is 10.0 Å². The molecular weight excluding hydrogens is 569 g/mol. The summed E-state index contributed by atoms with van der Waals surface area (Å²) in [5, 5.41) is 3.73. The predicted octanol–water partition coefficient (Wildman–Crippen LogP) is 5.32. The number of rotatable bonds is 5. The zero-order valence-electron chi connectivity index (χ0n) is 24.0. The lowest BCUT2D eigenvalue weighted by atomic mass is 9.98. The third kappa shape index (κ3) is 4.17. The molecule has 5 heterocycles. The van der Waals surface area contributed by atoms with Crippen LogP contribution in [0.5, 0.6) is 0 Å². The summed E-state index contributed by atoms with van der Waals surface area (Å²) in [6.45, 7) is 3.08. The highest BCUT2D eigenvalue weighted by molar-refractivity contribution is 7.92. The zero-order chi connectivity index (χ0) is 30.2. The van der Waals surface area contributed by atoms with E-state index in [4.69, 9.17) is 9.40 Å². The summed E-state index contributed by atoms with van der Waals surface area (Å²) >= 11 is 0. The number of anilines is 1. The Labute approximate surface area is 247 Å². The van der Waals surface area contributed by atoms with Crippen molar-refractivity contribution in [1.29, 1.82) is 0 Å². The first-order chi connectivity index (χ1) is 20.6. The second-order valence-electron chi connectivity index (χ2n) is 10.9. The molecule has 218 valence electrons. The van der Waals surface area contributed by atoms with E-state index in [-0.39, 0.29) is 11.7 Å². The molecule has 1 amide bonds. The van der Waals surface area contributed by atoms with Gasteiger partial charge in [0.2, 0.25) is 10.0 Å². The summed E-state index contributed by atoms with van der Waals surface area (Å²) < 4.78 is 49.8. The van der Waals surface area contributed by atoms with Gasteiger partial charge >= 0.3 is 0 Å². The average molecular weight is 598 g/mol. The Bertz CT molecular complexity index is 2190. The van der Waals surface area contributed by atoms with Crippen LogP contribution in [0.1, 0.15) is 28.6 Å². The number of allylic oxidation sites excluding steroid dienone is 1. The van der Waals surface area contributed by atoms with Gasteiger partial charge in [0.05, 0.1) is 46.6 Å². The van der Waals surface area contributed by atoms with E-state index in [0.29, 0.717) is 75.5 Å². The molecular formula is C32H28FN5O4S. The van der Waals surface area contributed by atoms with Gasteiger partial charge in [-0.1, -0.05) is 18.2 Å². The number of hydrogen-bond donors (Lipinski definition) is 1. The number of hydrogen-bond acceptors (Lipinski definition) is 6. The molecule has 0 aliphatic carbocycles. The van der Waals surface area contributed by atoms with Crippen LogP contribution < -0.4 is 9.62 Å². The molecule has 0 unspecified atom stereocenters. The number of aryl methyl sites for hydroxylation is 2. The summed E-state index contributed by atoms with van der Waals surface area (Å²) in [6.07, 6.45) is 3.79. The highest BCUT2D eigenvalue weighted by Crippen LogP contribution is 2.41. The maximum absolute atomic E-state index is 14.7. The summed E-state index contributed by atoms with van der Waals surface area (Å²) in [6, 6.07) is 14.1. The van der Waals surface area contributed by atoms with E-state index in [1.165, 1.54) is 17.4 Å². The largest absolute Gasteiger partial charge is 0.453 e. The van der Waals surface area contributed by atoms with Crippen LogP contribution in [0.4, 0.5) is 10.1 Å². The lowest BCUT2D eigenvalue weighted by Crippen LogP contribution is -2.25. The second-order valence-corrected chi connectivity index (χ2v) is 12.9. The molecule has 2 aliphatic heterocycles. The minimum absolute atomic E-state index is 0.297. The van der Waals surface area contributed by atoms with Crippen molar-refractivity contribution in [1.82, 2.24) is 14.9 Å². The van der Waals surface area contributed by atoms with Crippen LogP contribution in [0.3, 0.4) is 0 Å². The van der Waals surface area contributed by atoms with Gasteiger partial charge in [0.15, 0.2) is 5.76 Å². The molecule has 5 aromatic rings. The fraction of sp³-hybridized carbons (Fsp3) is 0.219. The maximum atomic E-state index is 14.7. The van der Waals surface area contributed by atoms with Gasteiger partial charge in [0.1, 0.15) is 17.1 Å². The molecule has 0 spiro atoms. The lowest BCUT2D eigenvalue weighted by molar-refractivity contribution is 0.0963. The van der Waals surface area contributed by atoms with Crippen LogP contribution in [0.25, 0.3) is 44.5 Å². The molecule has 0 saturated carbocycles. The van der Waals surface area contributed by atoms with Gasteiger partial charge in [-0.05, 0) is 54.8 Å². The monoisotopic (exact) mass is 597 g/mol. The summed E-state index contributed by atoms with van der Waals surface area (Å²) in [4.78, 5) is 22.8. The number of sulfonamides is 1. The van der Waals surface area contributed by atoms with Crippen molar-refractivity contribution in [2.75, 3.05) is 31.2 Å². The zero-order valence-corrected chi connectivity index (χ0v) is 24.8. The number of amides is 1. The van der Waals surface area contributed by atoms with E-state index in [0.717, 1.165) is 28.6 Å². The molecule has 11 heteroatoms. The quantitative estimate of drug-likeness (QED) is 0.295. The first kappa shape index (κ1) is 27.1. The fourth-order valence-corrected chi connectivity index (χ4v) is 6.53. The Balaban J connectivity index is 1.50. The first-order valence-corrected chi connectivity index (χ1v) is 15.7. The first-order valence-electron chi connectivity index (χ1n) is 13.8. The van der Waals surface area contributed by atoms with Crippen LogP contribution in [0, 0.1) is 5.82 Å². The number of carbonyl (C=O) groups excluding carboxylic acids is 1. The van der Waals surface area contributed by atoms with E-state index in [1.54, 1.807) is 25.2 Å². The third-order valence-corrected chi connectivity index (χ3v) is 9.52. The number of fused-ring (bicyclic) bond motifs is 6. The summed E-state index contributed by atoms with van der Waals surface area (Å²) in [5.74, 6) is -0.319. The van der Waals surface area contributed by atoms with Gasteiger partial charge in [-0.3, -0.25) is 14.1 Å². The Morgan fingerprint density at radius 2 is 1.95 bits per heavy atom. The standard InChI is InChI=1S/C32H28FN5O4S/c1-17-10-12-35-29(17)31-28(32(39)34-2)21-14-20(25(16-27(21)42-31)37(3)43(4,40)41)23-9-8-18-11-13-38-24-7-5-6-22(33)19(24)15-26(38)30(18)36-23/h5-10,14-16H,11-13H2,1-4H3,(H,34,39). The van der Waals surface area contributed by atoms with Gasteiger partial charge in [-0.25, -0.2) is 17.8 Å². The van der Waals surface area contributed by atoms with Gasteiger partial charge < -0.3 is 14.3 Å². The van der Waals surface area contributed by atoms with Crippen molar-refractivity contribution >= 4 is 49.2 Å². The molecule has 0 fully saturated rings. The molecule has 1 N–H and O–H groups in total. The number of aromatic nitrogens is 2. The van der Waals surface area contributed by atoms with Crippen molar-refractivity contribution in [2.45, 2.75) is 19.9 Å². The SMILES string of the molecule is CNC(=O)c1c(C2=NCC=C2C)oc2cc(N(C)S(C)(=O)=O)c(-c3ccc4c(n3)-c3cc5c(F)cccc5n3CC4)cc12. The molecule has 9 nitrogen and oxygen atoms in total. The maximum Gasteiger partial charge on any atom is 0.255 e. The number of nitrogens with zero attached hydrogens (tertiary/aromatic N) is 4. The van der Waals surface area contributed by atoms with Crippen LogP contribution >= 0.6 is 0 Å². The van der Waals surface area contributed by atoms with Crippen LogP contribution in [0.2, 0.25) is 0 Å². The Kier molecular flexibility index (Phi) is 6.07. The molecule has 43 heavy (non-hydrogen) atoms. The third-order valence-electron chi connectivity index (χ3n) is 8.33. The van der Waals surface area contributed by atoms with Crippen molar-refractivity contribution in [3.05, 3.63) is 82.9 Å². The van der Waals surface area contributed by atoms with Crippen LogP contribution in [-0.2, 0) is 23.0 Å². The Hall–Kier alpha value is -4.77. The minimum Gasteiger partial charge on any atom is -0.453 e. The molecule has 3 aromatic heterocycles.